The van der Waals surface area contributed by atoms with Gasteiger partial charge < -0.3 is 16.2 Å². The van der Waals surface area contributed by atoms with Crippen molar-refractivity contribution in [3.63, 3.8) is 0 Å². The standard InChI is InChI=1S/C11H15N3O3/c1-6-3-4-9(8(12)5-6)17-7(2)10(15)14-11(13)16/h3-5,7H,12H2,1-2H3,(H3,13,14,15,16). The molecule has 0 aliphatic heterocycles. The summed E-state index contributed by atoms with van der Waals surface area (Å²) in [5.74, 6) is -0.222. The molecule has 1 rings (SSSR count). The molecule has 1 atom stereocenters. The van der Waals surface area contributed by atoms with E-state index in [1.165, 1.54) is 6.92 Å². The Hall–Kier alpha value is -2.24. The summed E-state index contributed by atoms with van der Waals surface area (Å²) in [6, 6.07) is 4.29. The zero-order chi connectivity index (χ0) is 13.0. The van der Waals surface area contributed by atoms with Crippen molar-refractivity contribution in [2.24, 2.45) is 5.73 Å². The number of imide groups is 1. The van der Waals surface area contributed by atoms with E-state index in [-0.39, 0.29) is 0 Å². The number of carbonyl (C=O) groups excluding carboxylic acids is 2. The van der Waals surface area contributed by atoms with Crippen molar-refractivity contribution in [1.82, 2.24) is 5.32 Å². The molecule has 0 bridgehead atoms. The summed E-state index contributed by atoms with van der Waals surface area (Å²) < 4.78 is 5.32. The van der Waals surface area contributed by atoms with Gasteiger partial charge in [-0.1, -0.05) is 6.07 Å². The van der Waals surface area contributed by atoms with Crippen LogP contribution in [0.4, 0.5) is 10.5 Å². The molecule has 1 aromatic rings. The van der Waals surface area contributed by atoms with E-state index in [0.29, 0.717) is 11.4 Å². The van der Waals surface area contributed by atoms with Gasteiger partial charge in [-0.15, -0.1) is 0 Å². The third-order valence-corrected chi connectivity index (χ3v) is 2.08. The summed E-state index contributed by atoms with van der Waals surface area (Å²) in [7, 11) is 0. The highest BCUT2D eigenvalue weighted by Gasteiger charge is 2.17. The van der Waals surface area contributed by atoms with Crippen molar-refractivity contribution in [3.8, 4) is 5.75 Å². The largest absolute Gasteiger partial charge is 0.479 e. The lowest BCUT2D eigenvalue weighted by Gasteiger charge is -2.15. The van der Waals surface area contributed by atoms with E-state index < -0.39 is 18.0 Å². The molecular formula is C11H15N3O3. The number of rotatable bonds is 3. The summed E-state index contributed by atoms with van der Waals surface area (Å²) in [5, 5.41) is 1.93. The molecule has 0 saturated carbocycles. The number of nitrogens with two attached hydrogens (primary N) is 2. The molecule has 0 aromatic heterocycles. The van der Waals surface area contributed by atoms with Crippen LogP contribution >= 0.6 is 0 Å². The van der Waals surface area contributed by atoms with Gasteiger partial charge in [-0.2, -0.15) is 0 Å². The molecule has 3 amide bonds. The number of carbonyl (C=O) groups is 2. The van der Waals surface area contributed by atoms with Crippen LogP contribution in [0.1, 0.15) is 12.5 Å². The first-order valence-electron chi connectivity index (χ1n) is 5.03. The van der Waals surface area contributed by atoms with Crippen molar-refractivity contribution in [3.05, 3.63) is 23.8 Å². The Morgan fingerprint density at radius 2 is 2.06 bits per heavy atom. The Morgan fingerprint density at radius 3 is 2.59 bits per heavy atom. The van der Waals surface area contributed by atoms with E-state index in [4.69, 9.17) is 16.2 Å². The van der Waals surface area contributed by atoms with Gasteiger partial charge in [0.15, 0.2) is 6.10 Å². The average molecular weight is 237 g/mol. The lowest BCUT2D eigenvalue weighted by Crippen LogP contribution is -2.42. The molecule has 1 unspecified atom stereocenters. The minimum absolute atomic E-state index is 0.391. The number of benzene rings is 1. The number of anilines is 1. The third kappa shape index (κ3) is 3.67. The first-order chi connectivity index (χ1) is 7.90. The zero-order valence-corrected chi connectivity index (χ0v) is 9.69. The van der Waals surface area contributed by atoms with Crippen LogP contribution in [-0.2, 0) is 4.79 Å². The van der Waals surface area contributed by atoms with E-state index in [2.05, 4.69) is 0 Å². The van der Waals surface area contributed by atoms with Crippen LogP contribution in [0.15, 0.2) is 18.2 Å². The van der Waals surface area contributed by atoms with Gasteiger partial charge >= 0.3 is 6.03 Å². The van der Waals surface area contributed by atoms with Gasteiger partial charge in [-0.05, 0) is 31.5 Å². The fourth-order valence-corrected chi connectivity index (χ4v) is 1.24. The van der Waals surface area contributed by atoms with Gasteiger partial charge in [0, 0.05) is 0 Å². The Kier molecular flexibility index (Phi) is 3.92. The Labute approximate surface area is 98.9 Å². The first-order valence-corrected chi connectivity index (χ1v) is 5.03. The minimum Gasteiger partial charge on any atom is -0.479 e. The highest BCUT2D eigenvalue weighted by molar-refractivity contribution is 5.95. The second kappa shape index (κ2) is 5.20. The Morgan fingerprint density at radius 1 is 1.41 bits per heavy atom. The van der Waals surface area contributed by atoms with Gasteiger partial charge in [0.1, 0.15) is 5.75 Å². The van der Waals surface area contributed by atoms with Gasteiger partial charge in [0.05, 0.1) is 5.69 Å². The molecule has 6 nitrogen and oxygen atoms in total. The predicted octanol–water partition coefficient (Wildman–Crippen LogP) is 0.539. The monoisotopic (exact) mass is 237 g/mol. The minimum atomic E-state index is -0.915. The smallest absolute Gasteiger partial charge is 0.318 e. The Balaban J connectivity index is 2.70. The van der Waals surface area contributed by atoms with Crippen LogP contribution in [0.3, 0.4) is 0 Å². The molecule has 0 radical (unpaired) electrons. The molecule has 0 heterocycles. The number of nitrogen functional groups attached to an aromatic ring is 1. The van der Waals surface area contributed by atoms with Crippen LogP contribution < -0.4 is 21.5 Å². The van der Waals surface area contributed by atoms with E-state index >= 15 is 0 Å². The van der Waals surface area contributed by atoms with E-state index in [9.17, 15) is 9.59 Å². The fourth-order valence-electron chi connectivity index (χ4n) is 1.24. The maximum Gasteiger partial charge on any atom is 0.318 e. The molecule has 0 saturated heterocycles. The number of urea groups is 1. The topological polar surface area (TPSA) is 107 Å². The molecule has 5 N–H and O–H groups in total. The van der Waals surface area contributed by atoms with Crippen LogP contribution in [0, 0.1) is 6.92 Å². The van der Waals surface area contributed by atoms with Gasteiger partial charge in [-0.3, -0.25) is 10.1 Å². The predicted molar refractivity (Wildman–Crippen MR) is 63.4 cm³/mol. The lowest BCUT2D eigenvalue weighted by atomic mass is 10.2. The van der Waals surface area contributed by atoms with Crippen LogP contribution in [0.5, 0.6) is 5.75 Å². The highest BCUT2D eigenvalue weighted by Crippen LogP contribution is 2.23. The second-order valence-corrected chi connectivity index (χ2v) is 3.65. The molecule has 17 heavy (non-hydrogen) atoms. The van der Waals surface area contributed by atoms with Crippen molar-refractivity contribution < 1.29 is 14.3 Å². The number of primary amides is 1. The van der Waals surface area contributed by atoms with Crippen LogP contribution in [-0.4, -0.2) is 18.0 Å². The lowest BCUT2D eigenvalue weighted by molar-refractivity contribution is -0.126. The molecule has 0 aliphatic carbocycles. The van der Waals surface area contributed by atoms with Gasteiger partial charge in [-0.25, -0.2) is 4.79 Å². The summed E-state index contributed by atoms with van der Waals surface area (Å²) in [5.41, 5.74) is 12.0. The van der Waals surface area contributed by atoms with Gasteiger partial charge in [0.2, 0.25) is 0 Å². The van der Waals surface area contributed by atoms with Gasteiger partial charge in [0.25, 0.3) is 5.91 Å². The van der Waals surface area contributed by atoms with E-state index in [1.807, 2.05) is 18.3 Å². The molecule has 1 aromatic carbocycles. The number of hydrogen-bond donors (Lipinski definition) is 3. The summed E-state index contributed by atoms with van der Waals surface area (Å²) >= 11 is 0. The maximum absolute atomic E-state index is 11.4. The molecule has 0 fully saturated rings. The third-order valence-electron chi connectivity index (χ3n) is 2.08. The second-order valence-electron chi connectivity index (χ2n) is 3.65. The van der Waals surface area contributed by atoms with E-state index in [0.717, 1.165) is 5.56 Å². The van der Waals surface area contributed by atoms with Crippen molar-refractivity contribution in [2.45, 2.75) is 20.0 Å². The quantitative estimate of drug-likeness (QED) is 0.667. The van der Waals surface area contributed by atoms with Crippen LogP contribution in [0.25, 0.3) is 0 Å². The maximum atomic E-state index is 11.4. The molecular weight excluding hydrogens is 222 g/mol. The normalized spacial score (nSPS) is 11.6. The summed E-state index contributed by atoms with van der Waals surface area (Å²) in [4.78, 5) is 21.8. The number of hydrogen-bond acceptors (Lipinski definition) is 4. The number of nitrogens with one attached hydrogen (secondary N) is 1. The number of ether oxygens (including phenoxy) is 1. The molecule has 0 spiro atoms. The Bertz CT molecular complexity index is 446. The number of aryl methyl sites for hydroxylation is 1. The number of amides is 3. The molecule has 6 heteroatoms. The fraction of sp³-hybridized carbons (Fsp3) is 0.273. The zero-order valence-electron chi connectivity index (χ0n) is 9.69. The van der Waals surface area contributed by atoms with Crippen LogP contribution in [0.2, 0.25) is 0 Å². The SMILES string of the molecule is Cc1ccc(OC(C)C(=O)NC(N)=O)c(N)c1. The summed E-state index contributed by atoms with van der Waals surface area (Å²) in [6.45, 7) is 3.39. The highest BCUT2D eigenvalue weighted by atomic mass is 16.5. The molecule has 0 aliphatic rings. The van der Waals surface area contributed by atoms with Crippen molar-refractivity contribution >= 4 is 17.6 Å². The first kappa shape index (κ1) is 12.8. The van der Waals surface area contributed by atoms with Crippen molar-refractivity contribution in [1.29, 1.82) is 0 Å². The van der Waals surface area contributed by atoms with Crippen molar-refractivity contribution in [2.75, 3.05) is 5.73 Å². The van der Waals surface area contributed by atoms with E-state index in [1.54, 1.807) is 12.1 Å². The molecule has 92 valence electrons. The average Bonchev–Trinajstić information content (AvgIpc) is 2.21. The summed E-state index contributed by atoms with van der Waals surface area (Å²) in [6.07, 6.45) is -0.854.